The molecule has 0 aliphatic heterocycles. The Morgan fingerprint density at radius 3 is 2.65 bits per heavy atom. The molecule has 3 N–H and O–H groups in total. The molecule has 0 unspecified atom stereocenters. The number of imidazole rings is 1. The van der Waals surface area contributed by atoms with Gasteiger partial charge in [0.2, 0.25) is 5.95 Å². The zero-order chi connectivity index (χ0) is 26.9. The molecule has 0 saturated heterocycles. The quantitative estimate of drug-likeness (QED) is 0.306. The number of carboxylic acid groups (broad SMARTS) is 1. The predicted molar refractivity (Wildman–Crippen MR) is 130 cm³/mol. The standard InChI is InChI=1S/C24H26F3N7O3/c1-4-8-34-21(35)18-20(32-23(34)30-17(13(2)3)22(36)37)31-19(29-18)15-10-28-33(12-15)11-14-6-5-7-16(9-14)24(25,26)27/h5-7,9-10,12-13,17H,4,8,11H2,1-3H3,(H,29,31)(H,30,32)(H,36,37)/t17-/m1/s1. The molecule has 0 aliphatic rings. The Kier molecular flexibility index (Phi) is 7.05. The number of carbonyl (C=O) groups is 1. The predicted octanol–water partition coefficient (Wildman–Crippen LogP) is 3.98. The molecule has 1 aromatic carbocycles. The molecule has 0 spiro atoms. The maximum Gasteiger partial charge on any atom is 0.416 e. The fourth-order valence-electron chi connectivity index (χ4n) is 3.92. The molecule has 1 atom stereocenters. The smallest absolute Gasteiger partial charge is 0.416 e. The number of aromatic amines is 1. The molecular formula is C24H26F3N7O3. The summed E-state index contributed by atoms with van der Waals surface area (Å²) in [4.78, 5) is 36.7. The first-order chi connectivity index (χ1) is 17.5. The first kappa shape index (κ1) is 25.9. The number of carboxylic acids is 1. The van der Waals surface area contributed by atoms with E-state index in [0.29, 0.717) is 29.9 Å². The Labute approximate surface area is 209 Å². The fraction of sp³-hybridized carbons (Fsp3) is 0.375. The van der Waals surface area contributed by atoms with Crippen molar-refractivity contribution >= 4 is 23.1 Å². The molecule has 3 aromatic heterocycles. The lowest BCUT2D eigenvalue weighted by molar-refractivity contribution is -0.139. The first-order valence-corrected chi connectivity index (χ1v) is 11.7. The highest BCUT2D eigenvalue weighted by Crippen LogP contribution is 2.29. The van der Waals surface area contributed by atoms with Crippen molar-refractivity contribution in [1.82, 2.24) is 29.3 Å². The summed E-state index contributed by atoms with van der Waals surface area (Å²) in [7, 11) is 0. The SMILES string of the molecule is CCCn1c(N[C@@H](C(=O)O)C(C)C)nc2nc(-c3cnn(Cc4cccc(C(F)(F)F)c4)c3)[nH]c2c1=O. The Hall–Kier alpha value is -4.16. The van der Waals surface area contributed by atoms with Gasteiger partial charge in [-0.05, 0) is 30.0 Å². The summed E-state index contributed by atoms with van der Waals surface area (Å²) in [5.41, 5.74) is 0.0384. The number of fused-ring (bicyclic) bond motifs is 1. The summed E-state index contributed by atoms with van der Waals surface area (Å²) in [5, 5.41) is 16.6. The monoisotopic (exact) mass is 517 g/mol. The minimum Gasteiger partial charge on any atom is -0.480 e. The van der Waals surface area contributed by atoms with Gasteiger partial charge in [0.15, 0.2) is 11.2 Å². The van der Waals surface area contributed by atoms with Gasteiger partial charge in [-0.15, -0.1) is 0 Å². The second-order valence-electron chi connectivity index (χ2n) is 9.01. The van der Waals surface area contributed by atoms with E-state index >= 15 is 0 Å². The highest BCUT2D eigenvalue weighted by Gasteiger charge is 2.30. The van der Waals surface area contributed by atoms with Crippen LogP contribution in [0.3, 0.4) is 0 Å². The number of hydrogen-bond acceptors (Lipinski definition) is 6. The van der Waals surface area contributed by atoms with Gasteiger partial charge in [-0.3, -0.25) is 14.0 Å². The van der Waals surface area contributed by atoms with Crippen molar-refractivity contribution in [2.75, 3.05) is 5.32 Å². The zero-order valence-corrected chi connectivity index (χ0v) is 20.4. The van der Waals surface area contributed by atoms with E-state index in [1.807, 2.05) is 6.92 Å². The zero-order valence-electron chi connectivity index (χ0n) is 20.4. The van der Waals surface area contributed by atoms with Crippen LogP contribution in [0.5, 0.6) is 0 Å². The lowest BCUT2D eigenvalue weighted by Crippen LogP contribution is -2.37. The number of rotatable bonds is 9. The van der Waals surface area contributed by atoms with Crippen LogP contribution in [0.15, 0.2) is 41.5 Å². The van der Waals surface area contributed by atoms with Gasteiger partial charge in [-0.1, -0.05) is 32.9 Å². The Balaban J connectivity index is 1.67. The highest BCUT2D eigenvalue weighted by atomic mass is 19.4. The summed E-state index contributed by atoms with van der Waals surface area (Å²) in [6.45, 7) is 5.80. The van der Waals surface area contributed by atoms with E-state index in [-0.39, 0.29) is 29.6 Å². The molecule has 0 amide bonds. The summed E-state index contributed by atoms with van der Waals surface area (Å²) in [6.07, 6.45) is -0.746. The van der Waals surface area contributed by atoms with Gasteiger partial charge in [0.25, 0.3) is 5.56 Å². The Bertz CT molecular complexity index is 1490. The molecular weight excluding hydrogens is 491 g/mol. The van der Waals surface area contributed by atoms with Crippen molar-refractivity contribution in [1.29, 1.82) is 0 Å². The van der Waals surface area contributed by atoms with Crippen LogP contribution in [0, 0.1) is 5.92 Å². The van der Waals surface area contributed by atoms with Crippen LogP contribution in [0.4, 0.5) is 19.1 Å². The van der Waals surface area contributed by atoms with Crippen molar-refractivity contribution in [2.45, 2.75) is 52.5 Å². The second kappa shape index (κ2) is 10.1. The van der Waals surface area contributed by atoms with Crippen molar-refractivity contribution in [3.63, 3.8) is 0 Å². The molecule has 0 saturated carbocycles. The maximum absolute atomic E-state index is 13.2. The Morgan fingerprint density at radius 1 is 1.24 bits per heavy atom. The van der Waals surface area contributed by atoms with Crippen LogP contribution in [-0.2, 0) is 24.1 Å². The number of benzene rings is 1. The molecule has 3 heterocycles. The van der Waals surface area contributed by atoms with Gasteiger partial charge >= 0.3 is 12.1 Å². The van der Waals surface area contributed by atoms with Crippen molar-refractivity contribution < 1.29 is 23.1 Å². The maximum atomic E-state index is 13.2. The average Bonchev–Trinajstić information content (AvgIpc) is 3.46. The number of nitrogens with one attached hydrogen (secondary N) is 2. The molecule has 4 rings (SSSR count). The van der Waals surface area contributed by atoms with E-state index in [9.17, 15) is 27.9 Å². The minimum atomic E-state index is -4.44. The highest BCUT2D eigenvalue weighted by molar-refractivity contribution is 5.79. The van der Waals surface area contributed by atoms with Gasteiger partial charge in [0, 0.05) is 12.7 Å². The first-order valence-electron chi connectivity index (χ1n) is 11.7. The molecule has 37 heavy (non-hydrogen) atoms. The molecule has 0 fully saturated rings. The van der Waals surface area contributed by atoms with Crippen molar-refractivity contribution in [3.05, 3.63) is 58.1 Å². The van der Waals surface area contributed by atoms with Crippen LogP contribution in [-0.4, -0.2) is 46.4 Å². The third kappa shape index (κ3) is 5.49. The van der Waals surface area contributed by atoms with Crippen LogP contribution >= 0.6 is 0 Å². The van der Waals surface area contributed by atoms with Crippen LogP contribution in [0.1, 0.15) is 38.3 Å². The number of H-pyrrole nitrogens is 1. The van der Waals surface area contributed by atoms with Crippen LogP contribution in [0.25, 0.3) is 22.6 Å². The van der Waals surface area contributed by atoms with Crippen molar-refractivity contribution in [3.8, 4) is 11.4 Å². The van der Waals surface area contributed by atoms with E-state index < -0.39 is 29.3 Å². The molecule has 0 radical (unpaired) electrons. The van der Waals surface area contributed by atoms with Gasteiger partial charge in [0.1, 0.15) is 11.9 Å². The van der Waals surface area contributed by atoms with E-state index in [2.05, 4.69) is 25.4 Å². The molecule has 196 valence electrons. The second-order valence-corrected chi connectivity index (χ2v) is 9.01. The van der Waals surface area contributed by atoms with Gasteiger partial charge in [0.05, 0.1) is 23.9 Å². The number of hydrogen-bond donors (Lipinski definition) is 3. The topological polar surface area (TPSA) is 131 Å². The largest absolute Gasteiger partial charge is 0.480 e. The van der Waals surface area contributed by atoms with Gasteiger partial charge in [-0.2, -0.15) is 23.3 Å². The summed E-state index contributed by atoms with van der Waals surface area (Å²) in [6, 6.07) is 4.04. The van der Waals surface area contributed by atoms with Gasteiger partial charge < -0.3 is 15.4 Å². The lowest BCUT2D eigenvalue weighted by atomic mass is 10.1. The van der Waals surface area contributed by atoms with Crippen LogP contribution in [0.2, 0.25) is 0 Å². The normalized spacial score (nSPS) is 12.8. The summed E-state index contributed by atoms with van der Waals surface area (Å²) in [5.74, 6) is -0.923. The molecule has 10 nitrogen and oxygen atoms in total. The lowest BCUT2D eigenvalue weighted by Gasteiger charge is -2.20. The molecule has 4 aromatic rings. The number of aliphatic carboxylic acids is 1. The molecule has 0 bridgehead atoms. The van der Waals surface area contributed by atoms with Gasteiger partial charge in [-0.25, -0.2) is 9.78 Å². The van der Waals surface area contributed by atoms with E-state index in [1.165, 1.54) is 21.5 Å². The van der Waals surface area contributed by atoms with Crippen LogP contribution < -0.4 is 10.9 Å². The number of anilines is 1. The third-order valence-corrected chi connectivity index (χ3v) is 5.78. The molecule has 0 aliphatic carbocycles. The number of alkyl halides is 3. The number of nitrogens with zero attached hydrogens (tertiary/aromatic N) is 5. The summed E-state index contributed by atoms with van der Waals surface area (Å²) < 4.78 is 41.9. The van der Waals surface area contributed by atoms with E-state index in [4.69, 9.17) is 0 Å². The van der Waals surface area contributed by atoms with E-state index in [1.54, 1.807) is 26.1 Å². The minimum absolute atomic E-state index is 0.103. The average molecular weight is 518 g/mol. The third-order valence-electron chi connectivity index (χ3n) is 5.78. The number of halogens is 3. The number of aromatic nitrogens is 6. The summed E-state index contributed by atoms with van der Waals surface area (Å²) >= 11 is 0. The fourth-order valence-corrected chi connectivity index (χ4v) is 3.92. The van der Waals surface area contributed by atoms with Crippen molar-refractivity contribution in [2.24, 2.45) is 5.92 Å². The Morgan fingerprint density at radius 2 is 2.00 bits per heavy atom. The molecule has 13 heteroatoms. The van der Waals surface area contributed by atoms with E-state index in [0.717, 1.165) is 12.1 Å².